The van der Waals surface area contributed by atoms with E-state index in [1.165, 1.54) is 6.92 Å². The van der Waals surface area contributed by atoms with Crippen molar-refractivity contribution in [3.63, 3.8) is 0 Å². The Labute approximate surface area is 141 Å². The number of anilines is 1. The average molecular weight is 332 g/mol. The lowest BCUT2D eigenvalue weighted by molar-refractivity contribution is -0.144. The first-order valence-electron chi connectivity index (χ1n) is 8.23. The van der Waals surface area contributed by atoms with Gasteiger partial charge in [0.15, 0.2) is 0 Å². The van der Waals surface area contributed by atoms with Crippen LogP contribution in [-0.2, 0) is 9.59 Å². The molecule has 1 aromatic rings. The smallest absolute Gasteiger partial charge is 0.329 e. The maximum Gasteiger partial charge on any atom is 0.329 e. The molecule has 0 aromatic heterocycles. The van der Waals surface area contributed by atoms with Crippen molar-refractivity contribution in [1.29, 1.82) is 0 Å². The van der Waals surface area contributed by atoms with Crippen molar-refractivity contribution in [2.24, 2.45) is 11.8 Å². The van der Waals surface area contributed by atoms with E-state index < -0.39 is 17.4 Å². The number of aliphatic carboxylic acids is 1. The van der Waals surface area contributed by atoms with Gasteiger partial charge in [0.05, 0.1) is 0 Å². The number of nitrogens with one attached hydrogen (secondary N) is 2. The molecule has 6 heteroatoms. The van der Waals surface area contributed by atoms with Crippen LogP contribution in [0.25, 0.3) is 0 Å². The van der Waals surface area contributed by atoms with Gasteiger partial charge in [-0.1, -0.05) is 26.3 Å². The highest BCUT2D eigenvalue weighted by Crippen LogP contribution is 2.38. The SMILES string of the molecule is CCCC(C)(NC(=O)c1cccc(NC(=O)C2CC2C)c1)C(=O)O. The minimum absolute atomic E-state index is 0.0404. The van der Waals surface area contributed by atoms with Gasteiger partial charge in [-0.3, -0.25) is 9.59 Å². The second kappa shape index (κ2) is 7.03. The minimum Gasteiger partial charge on any atom is -0.480 e. The van der Waals surface area contributed by atoms with E-state index in [9.17, 15) is 19.5 Å². The number of rotatable bonds is 7. The zero-order valence-electron chi connectivity index (χ0n) is 14.3. The zero-order valence-corrected chi connectivity index (χ0v) is 14.3. The fourth-order valence-electron chi connectivity index (χ4n) is 2.71. The number of carbonyl (C=O) groups excluding carboxylic acids is 2. The van der Waals surface area contributed by atoms with Crippen LogP contribution in [0.1, 0.15) is 50.4 Å². The third-order valence-corrected chi connectivity index (χ3v) is 4.45. The highest BCUT2D eigenvalue weighted by Gasteiger charge is 2.39. The molecule has 1 fully saturated rings. The van der Waals surface area contributed by atoms with Gasteiger partial charge in [0.2, 0.25) is 5.91 Å². The number of benzene rings is 1. The zero-order chi connectivity index (χ0) is 17.9. The molecule has 130 valence electrons. The molecule has 3 N–H and O–H groups in total. The largest absolute Gasteiger partial charge is 0.480 e. The van der Waals surface area contributed by atoms with E-state index in [2.05, 4.69) is 10.6 Å². The van der Waals surface area contributed by atoms with Crippen LogP contribution in [0.2, 0.25) is 0 Å². The summed E-state index contributed by atoms with van der Waals surface area (Å²) in [6, 6.07) is 6.54. The summed E-state index contributed by atoms with van der Waals surface area (Å²) in [6.07, 6.45) is 1.86. The predicted molar refractivity (Wildman–Crippen MR) is 90.8 cm³/mol. The molecule has 0 bridgehead atoms. The van der Waals surface area contributed by atoms with Crippen molar-refractivity contribution in [2.45, 2.75) is 45.6 Å². The molecule has 0 heterocycles. The second-order valence-corrected chi connectivity index (χ2v) is 6.73. The fraction of sp³-hybridized carbons (Fsp3) is 0.500. The summed E-state index contributed by atoms with van der Waals surface area (Å²) in [5, 5.41) is 14.7. The van der Waals surface area contributed by atoms with Crippen molar-refractivity contribution in [3.05, 3.63) is 29.8 Å². The average Bonchev–Trinajstić information content (AvgIpc) is 3.24. The number of carboxylic acid groups (broad SMARTS) is 1. The number of hydrogen-bond acceptors (Lipinski definition) is 3. The molecule has 0 radical (unpaired) electrons. The van der Waals surface area contributed by atoms with E-state index in [1.54, 1.807) is 24.3 Å². The topological polar surface area (TPSA) is 95.5 Å². The summed E-state index contributed by atoms with van der Waals surface area (Å²) in [6.45, 7) is 5.38. The molecule has 3 atom stereocenters. The Morgan fingerprint density at radius 1 is 1.33 bits per heavy atom. The van der Waals surface area contributed by atoms with Crippen LogP contribution in [0.4, 0.5) is 5.69 Å². The lowest BCUT2D eigenvalue weighted by Gasteiger charge is -2.25. The maximum absolute atomic E-state index is 12.4. The Morgan fingerprint density at radius 2 is 2.00 bits per heavy atom. The summed E-state index contributed by atoms with van der Waals surface area (Å²) in [4.78, 5) is 35.8. The number of carbonyl (C=O) groups is 3. The first-order valence-corrected chi connectivity index (χ1v) is 8.23. The van der Waals surface area contributed by atoms with Crippen molar-refractivity contribution >= 4 is 23.5 Å². The van der Waals surface area contributed by atoms with E-state index >= 15 is 0 Å². The third-order valence-electron chi connectivity index (χ3n) is 4.45. The normalized spacial score (nSPS) is 21.5. The van der Waals surface area contributed by atoms with Gasteiger partial charge in [-0.05, 0) is 43.9 Å². The molecule has 1 aliphatic carbocycles. The summed E-state index contributed by atoms with van der Waals surface area (Å²) in [7, 11) is 0. The number of carboxylic acids is 1. The molecule has 1 aliphatic rings. The molecule has 2 amide bonds. The summed E-state index contributed by atoms with van der Waals surface area (Å²) < 4.78 is 0. The van der Waals surface area contributed by atoms with Gasteiger partial charge in [-0.2, -0.15) is 0 Å². The van der Waals surface area contributed by atoms with E-state index in [1.807, 2.05) is 13.8 Å². The lowest BCUT2D eigenvalue weighted by atomic mass is 9.95. The van der Waals surface area contributed by atoms with Gasteiger partial charge in [-0.15, -0.1) is 0 Å². The second-order valence-electron chi connectivity index (χ2n) is 6.73. The summed E-state index contributed by atoms with van der Waals surface area (Å²) >= 11 is 0. The molecule has 1 saturated carbocycles. The van der Waals surface area contributed by atoms with Crippen LogP contribution >= 0.6 is 0 Å². The van der Waals surface area contributed by atoms with Crippen molar-refractivity contribution in [1.82, 2.24) is 5.32 Å². The molecular weight excluding hydrogens is 308 g/mol. The van der Waals surface area contributed by atoms with Crippen molar-refractivity contribution < 1.29 is 19.5 Å². The van der Waals surface area contributed by atoms with Gasteiger partial charge in [0, 0.05) is 17.2 Å². The molecule has 0 aliphatic heterocycles. The quantitative estimate of drug-likeness (QED) is 0.715. The van der Waals surface area contributed by atoms with E-state index in [4.69, 9.17) is 0 Å². The molecule has 2 rings (SSSR count). The third kappa shape index (κ3) is 4.13. The lowest BCUT2D eigenvalue weighted by Crippen LogP contribution is -2.52. The summed E-state index contributed by atoms with van der Waals surface area (Å²) in [5.74, 6) is -1.13. The number of hydrogen-bond donors (Lipinski definition) is 3. The highest BCUT2D eigenvalue weighted by molar-refractivity contribution is 6.00. The fourth-order valence-corrected chi connectivity index (χ4v) is 2.71. The Kier molecular flexibility index (Phi) is 5.26. The van der Waals surface area contributed by atoms with Crippen LogP contribution in [0.5, 0.6) is 0 Å². The molecule has 1 aromatic carbocycles. The molecule has 3 unspecified atom stereocenters. The van der Waals surface area contributed by atoms with Crippen LogP contribution in [-0.4, -0.2) is 28.4 Å². The van der Waals surface area contributed by atoms with Crippen molar-refractivity contribution in [2.75, 3.05) is 5.32 Å². The minimum atomic E-state index is -1.31. The molecule has 0 spiro atoms. The van der Waals surface area contributed by atoms with E-state index in [-0.39, 0.29) is 11.8 Å². The monoisotopic (exact) mass is 332 g/mol. The van der Waals surface area contributed by atoms with E-state index in [0.29, 0.717) is 30.0 Å². The van der Waals surface area contributed by atoms with Crippen molar-refractivity contribution in [3.8, 4) is 0 Å². The molecule has 0 saturated heterocycles. The van der Waals surface area contributed by atoms with Gasteiger partial charge in [0.25, 0.3) is 5.91 Å². The van der Waals surface area contributed by atoms with E-state index in [0.717, 1.165) is 6.42 Å². The summed E-state index contributed by atoms with van der Waals surface area (Å²) in [5.41, 5.74) is -0.450. The molecular formula is C18H24N2O4. The van der Waals surface area contributed by atoms with Crippen LogP contribution in [0.15, 0.2) is 24.3 Å². The van der Waals surface area contributed by atoms with Gasteiger partial charge < -0.3 is 15.7 Å². The Bertz CT molecular complexity index is 658. The van der Waals surface area contributed by atoms with Crippen LogP contribution < -0.4 is 10.6 Å². The first-order chi connectivity index (χ1) is 11.3. The molecule has 6 nitrogen and oxygen atoms in total. The Morgan fingerprint density at radius 3 is 2.54 bits per heavy atom. The Balaban J connectivity index is 2.08. The first kappa shape index (κ1) is 18.0. The van der Waals surface area contributed by atoms with Crippen LogP contribution in [0.3, 0.4) is 0 Å². The Hall–Kier alpha value is -2.37. The highest BCUT2D eigenvalue weighted by atomic mass is 16.4. The number of amides is 2. The van der Waals surface area contributed by atoms with Gasteiger partial charge in [-0.25, -0.2) is 4.79 Å². The van der Waals surface area contributed by atoms with Crippen LogP contribution in [0, 0.1) is 11.8 Å². The molecule has 24 heavy (non-hydrogen) atoms. The van der Waals surface area contributed by atoms with Gasteiger partial charge in [0.1, 0.15) is 5.54 Å². The van der Waals surface area contributed by atoms with Gasteiger partial charge >= 0.3 is 5.97 Å². The predicted octanol–water partition coefficient (Wildman–Crippen LogP) is 2.65. The maximum atomic E-state index is 12.4. The standard InChI is InChI=1S/C18H24N2O4/c1-4-8-18(3,17(23)24)20-15(21)12-6-5-7-13(10-12)19-16(22)14-9-11(14)2/h5-7,10-11,14H,4,8-9H2,1-3H3,(H,19,22)(H,20,21)(H,23,24).